The number of rotatable bonds is 6. The van der Waals surface area contributed by atoms with E-state index in [1.165, 1.54) is 7.11 Å². The van der Waals surface area contributed by atoms with Crippen LogP contribution in [0.1, 0.15) is 57.9 Å². The van der Waals surface area contributed by atoms with E-state index in [4.69, 9.17) is 10.5 Å². The zero-order valence-corrected chi connectivity index (χ0v) is 15.2. The fourth-order valence-corrected chi connectivity index (χ4v) is 3.66. The predicted molar refractivity (Wildman–Crippen MR) is 97.2 cm³/mol. The maximum Gasteiger partial charge on any atom is 0.306 e. The topological polar surface area (TPSA) is 75.8 Å². The number of nitrogen functional groups attached to an aromatic ring is 1. The zero-order valence-electron chi connectivity index (χ0n) is 15.2. The summed E-state index contributed by atoms with van der Waals surface area (Å²) in [6.45, 7) is 6.66. The van der Waals surface area contributed by atoms with Gasteiger partial charge < -0.3 is 20.5 Å². The molecule has 1 aromatic carbocycles. The molecule has 2 atom stereocenters. The van der Waals surface area contributed by atoms with Crippen molar-refractivity contribution in [1.82, 2.24) is 0 Å². The van der Waals surface area contributed by atoms with Crippen molar-refractivity contribution in [1.29, 1.82) is 0 Å². The van der Waals surface area contributed by atoms with Crippen molar-refractivity contribution in [3.63, 3.8) is 0 Å². The summed E-state index contributed by atoms with van der Waals surface area (Å²) in [5, 5.41) is 10.4. The highest BCUT2D eigenvalue weighted by molar-refractivity contribution is 5.72. The number of hydrogen-bond donors (Lipinski definition) is 2. The molecular weight excluding hydrogens is 304 g/mol. The Bertz CT molecular complexity index is 580. The number of anilines is 2. The van der Waals surface area contributed by atoms with E-state index in [2.05, 4.69) is 11.8 Å². The van der Waals surface area contributed by atoms with E-state index < -0.39 is 5.60 Å². The van der Waals surface area contributed by atoms with Crippen molar-refractivity contribution in [2.75, 3.05) is 24.3 Å². The number of ether oxygens (including phenoxy) is 1. The van der Waals surface area contributed by atoms with Crippen LogP contribution in [0.25, 0.3) is 0 Å². The first-order valence-corrected chi connectivity index (χ1v) is 8.73. The summed E-state index contributed by atoms with van der Waals surface area (Å²) in [6.07, 6.45) is 3.23. The Labute approximate surface area is 144 Å². The van der Waals surface area contributed by atoms with Crippen LogP contribution >= 0.6 is 0 Å². The van der Waals surface area contributed by atoms with Crippen molar-refractivity contribution >= 4 is 17.3 Å². The van der Waals surface area contributed by atoms with Gasteiger partial charge in [-0.15, -0.1) is 0 Å². The molecule has 0 aliphatic carbocycles. The first kappa shape index (κ1) is 18.6. The molecule has 24 heavy (non-hydrogen) atoms. The third-order valence-corrected chi connectivity index (χ3v) is 5.03. The molecule has 1 fully saturated rings. The van der Waals surface area contributed by atoms with Crippen LogP contribution in [0.15, 0.2) is 18.2 Å². The number of carbonyl (C=O) groups excluding carboxylic acids is 1. The molecule has 0 spiro atoms. The Morgan fingerprint density at radius 3 is 2.75 bits per heavy atom. The van der Waals surface area contributed by atoms with Crippen LogP contribution in [0.3, 0.4) is 0 Å². The van der Waals surface area contributed by atoms with Gasteiger partial charge in [-0.05, 0) is 56.7 Å². The number of nitrogens with two attached hydrogens (primary N) is 1. The van der Waals surface area contributed by atoms with Crippen molar-refractivity contribution in [2.24, 2.45) is 0 Å². The monoisotopic (exact) mass is 334 g/mol. The maximum absolute atomic E-state index is 11.6. The molecule has 5 heteroatoms. The van der Waals surface area contributed by atoms with Gasteiger partial charge in [0.2, 0.25) is 0 Å². The fourth-order valence-electron chi connectivity index (χ4n) is 3.66. The molecule has 0 saturated carbocycles. The number of benzene rings is 1. The number of esters is 1. The Hall–Kier alpha value is -1.75. The highest BCUT2D eigenvalue weighted by Gasteiger charge is 2.36. The number of hydrogen-bond acceptors (Lipinski definition) is 5. The molecule has 1 heterocycles. The van der Waals surface area contributed by atoms with Crippen LogP contribution in [-0.2, 0) is 9.53 Å². The summed E-state index contributed by atoms with van der Waals surface area (Å²) in [4.78, 5) is 13.8. The average Bonchev–Trinajstić information content (AvgIpc) is 3.01. The van der Waals surface area contributed by atoms with E-state index in [0.717, 1.165) is 37.1 Å². The molecule has 5 nitrogen and oxygen atoms in total. The summed E-state index contributed by atoms with van der Waals surface area (Å²) in [5.74, 6) is -0.0939. The minimum Gasteiger partial charge on any atom is -0.469 e. The number of nitrogens with zero attached hydrogens (tertiary/aromatic N) is 1. The summed E-state index contributed by atoms with van der Waals surface area (Å²) in [5.41, 5.74) is 8.29. The van der Waals surface area contributed by atoms with Gasteiger partial charge in [-0.2, -0.15) is 0 Å². The molecule has 0 radical (unpaired) electrons. The second-order valence-corrected chi connectivity index (χ2v) is 7.21. The van der Waals surface area contributed by atoms with E-state index in [-0.39, 0.29) is 17.9 Å². The lowest BCUT2D eigenvalue weighted by atomic mass is 9.92. The zero-order chi connectivity index (χ0) is 17.9. The lowest BCUT2D eigenvalue weighted by Crippen LogP contribution is -2.46. The highest BCUT2D eigenvalue weighted by atomic mass is 16.5. The summed E-state index contributed by atoms with van der Waals surface area (Å²) in [7, 11) is 1.41. The average molecular weight is 334 g/mol. The van der Waals surface area contributed by atoms with E-state index in [9.17, 15) is 9.90 Å². The first-order valence-electron chi connectivity index (χ1n) is 8.73. The minimum absolute atomic E-state index is 0.0719. The Morgan fingerprint density at radius 2 is 2.21 bits per heavy atom. The molecule has 1 aliphatic heterocycles. The molecule has 1 aliphatic rings. The Morgan fingerprint density at radius 1 is 1.50 bits per heavy atom. The van der Waals surface area contributed by atoms with Gasteiger partial charge in [0.25, 0.3) is 0 Å². The SMILES string of the molecule is CCC(CC(=O)OC)c1ccc(N2CCC[C@@H]2C(C)(C)O)c(N)c1. The van der Waals surface area contributed by atoms with Gasteiger partial charge in [0, 0.05) is 6.54 Å². The van der Waals surface area contributed by atoms with Gasteiger partial charge in [0.15, 0.2) is 0 Å². The van der Waals surface area contributed by atoms with Crippen LogP contribution in [-0.4, -0.2) is 36.4 Å². The van der Waals surface area contributed by atoms with Crippen molar-refractivity contribution in [3.05, 3.63) is 23.8 Å². The van der Waals surface area contributed by atoms with Crippen LogP contribution in [0.2, 0.25) is 0 Å². The maximum atomic E-state index is 11.6. The van der Waals surface area contributed by atoms with E-state index in [1.807, 2.05) is 32.0 Å². The van der Waals surface area contributed by atoms with Crippen LogP contribution in [0, 0.1) is 0 Å². The number of aliphatic hydroxyl groups is 1. The van der Waals surface area contributed by atoms with E-state index >= 15 is 0 Å². The molecule has 0 amide bonds. The van der Waals surface area contributed by atoms with Gasteiger partial charge >= 0.3 is 5.97 Å². The van der Waals surface area contributed by atoms with Crippen molar-refractivity contribution in [3.8, 4) is 0 Å². The van der Waals surface area contributed by atoms with Gasteiger partial charge in [0.1, 0.15) is 0 Å². The fraction of sp³-hybridized carbons (Fsp3) is 0.632. The highest BCUT2D eigenvalue weighted by Crippen LogP contribution is 2.37. The Balaban J connectivity index is 2.24. The third kappa shape index (κ3) is 4.01. The quantitative estimate of drug-likeness (QED) is 0.618. The largest absolute Gasteiger partial charge is 0.469 e. The minimum atomic E-state index is -0.765. The predicted octanol–water partition coefficient (Wildman–Crippen LogP) is 3.07. The second-order valence-electron chi connectivity index (χ2n) is 7.21. The molecule has 3 N–H and O–H groups in total. The number of methoxy groups -OCH3 is 1. The summed E-state index contributed by atoms with van der Waals surface area (Å²) < 4.78 is 4.78. The molecule has 0 bridgehead atoms. The summed E-state index contributed by atoms with van der Waals surface area (Å²) in [6, 6.07) is 6.10. The molecular formula is C19H30N2O3. The first-order chi connectivity index (χ1) is 11.3. The molecule has 1 saturated heterocycles. The van der Waals surface area contributed by atoms with Crippen LogP contribution < -0.4 is 10.6 Å². The molecule has 2 rings (SSSR count). The summed E-state index contributed by atoms with van der Waals surface area (Å²) >= 11 is 0. The van der Waals surface area contributed by atoms with Gasteiger partial charge in [-0.3, -0.25) is 4.79 Å². The molecule has 0 aromatic heterocycles. The smallest absolute Gasteiger partial charge is 0.306 e. The molecule has 134 valence electrons. The van der Waals surface area contributed by atoms with E-state index in [1.54, 1.807) is 0 Å². The lowest BCUT2D eigenvalue weighted by molar-refractivity contribution is -0.141. The molecule has 1 aromatic rings. The normalized spacial score (nSPS) is 19.4. The second kappa shape index (κ2) is 7.43. The van der Waals surface area contributed by atoms with Gasteiger partial charge in [-0.25, -0.2) is 0 Å². The van der Waals surface area contributed by atoms with Crippen molar-refractivity contribution in [2.45, 2.75) is 64.0 Å². The third-order valence-electron chi connectivity index (χ3n) is 5.03. The van der Waals surface area contributed by atoms with Crippen LogP contribution in [0.4, 0.5) is 11.4 Å². The molecule has 1 unspecified atom stereocenters. The Kier molecular flexibility index (Phi) is 5.75. The standard InChI is InChI=1S/C19H30N2O3/c1-5-13(12-18(22)24-4)14-8-9-16(15(20)11-14)21-10-6-7-17(21)19(2,3)23/h8-9,11,13,17,23H,5-7,10,12,20H2,1-4H3/t13?,17-/m1/s1. The van der Waals surface area contributed by atoms with E-state index in [0.29, 0.717) is 12.1 Å². The van der Waals surface area contributed by atoms with Gasteiger partial charge in [0.05, 0.1) is 36.5 Å². The lowest BCUT2D eigenvalue weighted by Gasteiger charge is -2.36. The number of carbonyl (C=O) groups is 1. The van der Waals surface area contributed by atoms with Crippen molar-refractivity contribution < 1.29 is 14.6 Å². The van der Waals surface area contributed by atoms with Crippen LogP contribution in [0.5, 0.6) is 0 Å². The van der Waals surface area contributed by atoms with Gasteiger partial charge in [-0.1, -0.05) is 13.0 Å².